The van der Waals surface area contributed by atoms with Crippen LogP contribution in [0, 0.1) is 17.0 Å². The Hall–Kier alpha value is -2.56. The zero-order chi connectivity index (χ0) is 19.4. The highest BCUT2D eigenvalue weighted by Crippen LogP contribution is 2.22. The minimum Gasteiger partial charge on any atom is -0.378 e. The molecule has 0 bridgehead atoms. The molecule has 0 saturated carbocycles. The number of benzene rings is 1. The molecule has 3 rings (SSSR count). The molecule has 0 radical (unpaired) electrons. The fraction of sp³-hybridized carbons (Fsp3) is 0.353. The summed E-state index contributed by atoms with van der Waals surface area (Å²) in [5.41, 5.74) is 0.866. The number of non-ortho nitro benzene ring substituents is 1. The fourth-order valence-corrected chi connectivity index (χ4v) is 4.03. The molecule has 10 heteroatoms. The van der Waals surface area contributed by atoms with Crippen molar-refractivity contribution >= 4 is 21.5 Å². The van der Waals surface area contributed by atoms with Crippen molar-refractivity contribution in [2.75, 3.05) is 31.2 Å². The van der Waals surface area contributed by atoms with E-state index in [2.05, 4.69) is 14.6 Å². The van der Waals surface area contributed by atoms with E-state index in [1.165, 1.54) is 12.1 Å². The van der Waals surface area contributed by atoms with Gasteiger partial charge < -0.3 is 9.64 Å². The van der Waals surface area contributed by atoms with Gasteiger partial charge in [-0.25, -0.2) is 18.1 Å². The molecule has 2 heterocycles. The Morgan fingerprint density at radius 3 is 2.63 bits per heavy atom. The van der Waals surface area contributed by atoms with Crippen LogP contribution in [0.1, 0.15) is 11.1 Å². The van der Waals surface area contributed by atoms with E-state index in [0.29, 0.717) is 24.3 Å². The van der Waals surface area contributed by atoms with Crippen LogP contribution in [0.15, 0.2) is 41.4 Å². The van der Waals surface area contributed by atoms with Crippen LogP contribution in [-0.2, 0) is 21.3 Å². The second kappa shape index (κ2) is 7.99. The summed E-state index contributed by atoms with van der Waals surface area (Å²) < 4.78 is 32.9. The van der Waals surface area contributed by atoms with Gasteiger partial charge in [0.1, 0.15) is 5.82 Å². The standard InChI is InChI=1S/C17H20N4O5S/c1-13-2-4-15(21(22)23)10-16(13)27(24,25)19-12-14-3-5-17(18-11-14)20-6-8-26-9-7-20/h2-5,10-11,19H,6-9,12H2,1H3. The largest absolute Gasteiger partial charge is 0.378 e. The summed E-state index contributed by atoms with van der Waals surface area (Å²) in [5.74, 6) is 0.819. The van der Waals surface area contributed by atoms with Crippen molar-refractivity contribution in [2.24, 2.45) is 0 Å². The number of pyridine rings is 1. The molecule has 0 unspecified atom stereocenters. The maximum absolute atomic E-state index is 12.5. The van der Waals surface area contributed by atoms with E-state index in [4.69, 9.17) is 4.74 Å². The lowest BCUT2D eigenvalue weighted by Crippen LogP contribution is -2.36. The van der Waals surface area contributed by atoms with E-state index < -0.39 is 14.9 Å². The molecule has 1 saturated heterocycles. The molecular formula is C17H20N4O5S. The molecule has 1 aromatic heterocycles. The highest BCUT2D eigenvalue weighted by Gasteiger charge is 2.20. The van der Waals surface area contributed by atoms with Crippen LogP contribution in [-0.4, -0.2) is 44.6 Å². The Bertz CT molecular complexity index is 925. The quantitative estimate of drug-likeness (QED) is 0.587. The number of sulfonamides is 1. The number of nitro benzene ring substituents is 1. The highest BCUT2D eigenvalue weighted by atomic mass is 32.2. The first kappa shape index (κ1) is 19.2. The first-order valence-electron chi connectivity index (χ1n) is 8.39. The van der Waals surface area contributed by atoms with Crippen LogP contribution in [0.2, 0.25) is 0 Å². The highest BCUT2D eigenvalue weighted by molar-refractivity contribution is 7.89. The third-order valence-electron chi connectivity index (χ3n) is 4.28. The van der Waals surface area contributed by atoms with Crippen molar-refractivity contribution in [1.29, 1.82) is 0 Å². The Labute approximate surface area is 157 Å². The molecule has 0 spiro atoms. The smallest absolute Gasteiger partial charge is 0.270 e. The van der Waals surface area contributed by atoms with Crippen molar-refractivity contribution in [3.05, 3.63) is 57.8 Å². The molecule has 1 aliphatic rings. The number of hydrogen-bond donors (Lipinski definition) is 1. The number of morpholine rings is 1. The number of nitrogens with one attached hydrogen (secondary N) is 1. The van der Waals surface area contributed by atoms with Crippen LogP contribution >= 0.6 is 0 Å². The summed E-state index contributed by atoms with van der Waals surface area (Å²) in [7, 11) is -3.88. The molecule has 0 aliphatic carbocycles. The normalized spacial score (nSPS) is 14.9. The lowest BCUT2D eigenvalue weighted by molar-refractivity contribution is -0.385. The minimum absolute atomic E-state index is 0.0425. The van der Waals surface area contributed by atoms with E-state index in [1.807, 2.05) is 6.07 Å². The molecule has 1 fully saturated rings. The first-order valence-corrected chi connectivity index (χ1v) is 9.87. The van der Waals surface area contributed by atoms with Crippen molar-refractivity contribution in [2.45, 2.75) is 18.4 Å². The van der Waals surface area contributed by atoms with Gasteiger partial charge in [0.2, 0.25) is 10.0 Å². The Balaban J connectivity index is 1.70. The van der Waals surface area contributed by atoms with Crippen molar-refractivity contribution < 1.29 is 18.1 Å². The Morgan fingerprint density at radius 2 is 2.00 bits per heavy atom. The fourth-order valence-electron chi connectivity index (χ4n) is 2.75. The number of rotatable bonds is 6. The molecule has 0 atom stereocenters. The van der Waals surface area contributed by atoms with Gasteiger partial charge in [0.15, 0.2) is 0 Å². The van der Waals surface area contributed by atoms with Gasteiger partial charge >= 0.3 is 0 Å². The second-order valence-corrected chi connectivity index (χ2v) is 7.89. The number of nitro groups is 1. The van der Waals surface area contributed by atoms with E-state index in [9.17, 15) is 18.5 Å². The maximum Gasteiger partial charge on any atom is 0.270 e. The van der Waals surface area contributed by atoms with Crippen molar-refractivity contribution in [3.63, 3.8) is 0 Å². The van der Waals surface area contributed by atoms with Crippen LogP contribution in [0.25, 0.3) is 0 Å². The predicted molar refractivity (Wildman–Crippen MR) is 99.1 cm³/mol. The van der Waals surface area contributed by atoms with Gasteiger partial charge in [0.25, 0.3) is 5.69 Å². The summed E-state index contributed by atoms with van der Waals surface area (Å²) >= 11 is 0. The van der Waals surface area contributed by atoms with E-state index in [0.717, 1.165) is 25.0 Å². The molecule has 9 nitrogen and oxygen atoms in total. The monoisotopic (exact) mass is 392 g/mol. The zero-order valence-electron chi connectivity index (χ0n) is 14.8. The van der Waals surface area contributed by atoms with Gasteiger partial charge in [0.05, 0.1) is 23.0 Å². The zero-order valence-corrected chi connectivity index (χ0v) is 15.6. The number of nitrogens with zero attached hydrogens (tertiary/aromatic N) is 3. The lowest BCUT2D eigenvalue weighted by Gasteiger charge is -2.27. The van der Waals surface area contributed by atoms with Crippen molar-refractivity contribution in [1.82, 2.24) is 9.71 Å². The molecule has 144 valence electrons. The third-order valence-corrected chi connectivity index (χ3v) is 5.83. The number of anilines is 1. The average Bonchev–Trinajstić information content (AvgIpc) is 2.67. The van der Waals surface area contributed by atoms with Gasteiger partial charge in [-0.2, -0.15) is 0 Å². The number of ether oxygens (including phenoxy) is 1. The van der Waals surface area contributed by atoms with Crippen LogP contribution in [0.3, 0.4) is 0 Å². The average molecular weight is 392 g/mol. The summed E-state index contributed by atoms with van der Waals surface area (Å²) in [6.07, 6.45) is 1.62. The van der Waals surface area contributed by atoms with E-state index in [-0.39, 0.29) is 17.1 Å². The molecule has 1 aromatic carbocycles. The van der Waals surface area contributed by atoms with Gasteiger partial charge in [-0.05, 0) is 24.1 Å². The Morgan fingerprint density at radius 1 is 1.26 bits per heavy atom. The van der Waals surface area contributed by atoms with Crippen LogP contribution in [0.5, 0.6) is 0 Å². The van der Waals surface area contributed by atoms with Gasteiger partial charge in [-0.1, -0.05) is 12.1 Å². The summed E-state index contributed by atoms with van der Waals surface area (Å²) in [6.45, 7) is 4.49. The van der Waals surface area contributed by atoms with E-state index in [1.54, 1.807) is 19.2 Å². The maximum atomic E-state index is 12.5. The topological polar surface area (TPSA) is 115 Å². The summed E-state index contributed by atoms with van der Waals surface area (Å²) in [5, 5.41) is 10.9. The number of aryl methyl sites for hydroxylation is 1. The van der Waals surface area contributed by atoms with Gasteiger partial charge in [-0.3, -0.25) is 10.1 Å². The molecule has 1 aliphatic heterocycles. The van der Waals surface area contributed by atoms with Crippen LogP contribution < -0.4 is 9.62 Å². The SMILES string of the molecule is Cc1ccc([N+](=O)[O-])cc1S(=O)(=O)NCc1ccc(N2CCOCC2)nc1. The number of aromatic nitrogens is 1. The third kappa shape index (κ3) is 4.59. The molecule has 0 amide bonds. The number of hydrogen-bond acceptors (Lipinski definition) is 7. The summed E-state index contributed by atoms with van der Waals surface area (Å²) in [4.78, 5) is 16.7. The van der Waals surface area contributed by atoms with Gasteiger partial charge in [0, 0.05) is 38.0 Å². The van der Waals surface area contributed by atoms with Crippen LogP contribution in [0.4, 0.5) is 11.5 Å². The minimum atomic E-state index is -3.88. The molecule has 2 aromatic rings. The summed E-state index contributed by atoms with van der Waals surface area (Å²) in [6, 6.07) is 7.42. The lowest BCUT2D eigenvalue weighted by atomic mass is 10.2. The Kier molecular flexibility index (Phi) is 5.68. The van der Waals surface area contributed by atoms with Crippen molar-refractivity contribution in [3.8, 4) is 0 Å². The van der Waals surface area contributed by atoms with Gasteiger partial charge in [-0.15, -0.1) is 0 Å². The first-order chi connectivity index (χ1) is 12.9. The molecule has 1 N–H and O–H groups in total. The van der Waals surface area contributed by atoms with E-state index >= 15 is 0 Å². The second-order valence-electron chi connectivity index (χ2n) is 6.16. The predicted octanol–water partition coefficient (Wildman–Crippen LogP) is 1.61. The molecular weight excluding hydrogens is 372 g/mol. The molecule has 27 heavy (non-hydrogen) atoms.